The summed E-state index contributed by atoms with van der Waals surface area (Å²) >= 11 is 0. The number of hydrogen-bond donors (Lipinski definition) is 1. The fraction of sp³-hybridized carbons (Fsp3) is 0.333. The van der Waals surface area contributed by atoms with Crippen molar-refractivity contribution in [3.63, 3.8) is 0 Å². The Labute approximate surface area is 64.0 Å². The van der Waals surface area contributed by atoms with Gasteiger partial charge in [-0.1, -0.05) is 0 Å². The van der Waals surface area contributed by atoms with E-state index in [9.17, 15) is 0 Å². The Balaban J connectivity index is -0.0000000480. The predicted octanol–water partition coefficient (Wildman–Crippen LogP) is -0.743. The van der Waals surface area contributed by atoms with Crippen LogP contribution in [-0.2, 0) is 9.59 Å². The van der Waals surface area contributed by atoms with Gasteiger partial charge in [0, 0.05) is 6.92 Å². The molecule has 0 spiro atoms. The van der Waals surface area contributed by atoms with Crippen LogP contribution in [-0.4, -0.2) is 47.4 Å². The Morgan fingerprint density at radius 2 is 1.57 bits per heavy atom. The van der Waals surface area contributed by atoms with Gasteiger partial charge in [-0.05, 0) is 0 Å². The van der Waals surface area contributed by atoms with Gasteiger partial charge in [0.25, 0.3) is 5.97 Å². The quantitative estimate of drug-likeness (QED) is 0.422. The van der Waals surface area contributed by atoms with Crippen LogP contribution < -0.4 is 0 Å². The summed E-state index contributed by atoms with van der Waals surface area (Å²) in [6.07, 6.45) is 0. The van der Waals surface area contributed by atoms with Crippen LogP contribution in [0.3, 0.4) is 0 Å². The fourth-order valence-electron chi connectivity index (χ4n) is 0. The normalized spacial score (nSPS) is 4.14. The van der Waals surface area contributed by atoms with Gasteiger partial charge in [0.15, 0.2) is 0 Å². The van der Waals surface area contributed by atoms with E-state index in [0.29, 0.717) is 0 Å². The summed E-state index contributed by atoms with van der Waals surface area (Å²) in [6.45, 7) is 3.08. The summed E-state index contributed by atoms with van der Waals surface area (Å²) in [5.74, 6) is -0.833. The molecule has 0 radical (unpaired) electrons. The van der Waals surface area contributed by atoms with Crippen molar-refractivity contribution in [1.82, 2.24) is 0 Å². The summed E-state index contributed by atoms with van der Waals surface area (Å²) in [4.78, 5) is 17.0. The Hall–Kier alpha value is 0.140. The number of carbonyl (C=O) groups is 2. The maximum absolute atomic E-state index is 9.00. The Morgan fingerprint density at radius 1 is 1.57 bits per heavy atom. The summed E-state index contributed by atoms with van der Waals surface area (Å²) in [7, 11) is 0. The van der Waals surface area contributed by atoms with Gasteiger partial charge in [-0.2, -0.15) is 0 Å². The molecule has 0 fully saturated rings. The Kier molecular flexibility index (Phi) is 36.9. The second-order valence-electron chi connectivity index (χ2n) is 0.519. The van der Waals surface area contributed by atoms with Crippen molar-refractivity contribution in [3.05, 3.63) is 0 Å². The van der Waals surface area contributed by atoms with E-state index >= 15 is 0 Å². The third-order valence-electron chi connectivity index (χ3n) is 0. The molecule has 0 aliphatic carbocycles. The van der Waals surface area contributed by atoms with Crippen LogP contribution in [0.5, 0.6) is 0 Å². The van der Waals surface area contributed by atoms with Crippen LogP contribution in [0, 0.1) is 0 Å². The van der Waals surface area contributed by atoms with Crippen LogP contribution in [0.25, 0.3) is 0 Å². The number of carboxylic acid groups (broad SMARTS) is 1. The SMILES string of the molecule is C=O.CC(=O)O.[NaH]. The van der Waals surface area contributed by atoms with E-state index in [0.717, 1.165) is 6.92 Å². The second-order valence-corrected chi connectivity index (χ2v) is 0.519. The van der Waals surface area contributed by atoms with E-state index in [1.165, 1.54) is 0 Å². The van der Waals surface area contributed by atoms with E-state index in [4.69, 9.17) is 14.7 Å². The molecule has 0 saturated heterocycles. The molecule has 0 aromatic heterocycles. The van der Waals surface area contributed by atoms with Gasteiger partial charge >= 0.3 is 29.6 Å². The van der Waals surface area contributed by atoms with Gasteiger partial charge in [0.05, 0.1) is 0 Å². The number of carboxylic acids is 1. The average Bonchev–Trinajstić information content (AvgIpc) is 1.41. The number of carbonyl (C=O) groups excluding carboxylic acids is 1. The minimum atomic E-state index is -0.833. The maximum atomic E-state index is 9.00. The molecular formula is C3H7NaO3. The van der Waals surface area contributed by atoms with Crippen LogP contribution in [0.1, 0.15) is 6.92 Å². The standard InChI is InChI=1S/C2H4O2.CH2O.Na.H/c1-2(3)4;1-2;;/h1H3,(H,3,4);1H2;;. The molecule has 0 aliphatic rings. The molecule has 0 rings (SSSR count). The molecule has 0 saturated carbocycles. The van der Waals surface area contributed by atoms with Crippen molar-refractivity contribution in [3.8, 4) is 0 Å². The zero-order valence-corrected chi connectivity index (χ0v) is 3.47. The molecule has 0 aromatic rings. The van der Waals surface area contributed by atoms with E-state index in [1.54, 1.807) is 0 Å². The molecule has 0 aliphatic heterocycles. The molecule has 4 heteroatoms. The van der Waals surface area contributed by atoms with Crippen LogP contribution >= 0.6 is 0 Å². The van der Waals surface area contributed by atoms with Crippen molar-refractivity contribution in [2.75, 3.05) is 0 Å². The van der Waals surface area contributed by atoms with E-state index < -0.39 is 5.97 Å². The molecule has 7 heavy (non-hydrogen) atoms. The van der Waals surface area contributed by atoms with Gasteiger partial charge in [0.1, 0.15) is 6.79 Å². The first-order valence-corrected chi connectivity index (χ1v) is 1.22. The van der Waals surface area contributed by atoms with Crippen LogP contribution in [0.15, 0.2) is 0 Å². The third-order valence-corrected chi connectivity index (χ3v) is 0. The van der Waals surface area contributed by atoms with Crippen molar-refractivity contribution in [2.45, 2.75) is 6.92 Å². The van der Waals surface area contributed by atoms with Crippen molar-refractivity contribution >= 4 is 42.3 Å². The average molecular weight is 114 g/mol. The number of rotatable bonds is 0. The molecule has 0 atom stereocenters. The zero-order chi connectivity index (χ0) is 5.58. The molecule has 0 unspecified atom stereocenters. The first-order chi connectivity index (χ1) is 2.73. The molecule has 0 aromatic carbocycles. The predicted molar refractivity (Wildman–Crippen MR) is 27.6 cm³/mol. The first kappa shape index (κ1) is 15.7. The van der Waals surface area contributed by atoms with Gasteiger partial charge in [-0.15, -0.1) is 0 Å². The topological polar surface area (TPSA) is 54.4 Å². The van der Waals surface area contributed by atoms with E-state index in [1.807, 2.05) is 6.79 Å². The summed E-state index contributed by atoms with van der Waals surface area (Å²) in [5, 5.41) is 7.42. The fourth-order valence-corrected chi connectivity index (χ4v) is 0. The molecule has 0 bridgehead atoms. The van der Waals surface area contributed by atoms with Gasteiger partial charge < -0.3 is 9.90 Å². The van der Waals surface area contributed by atoms with Crippen molar-refractivity contribution in [2.24, 2.45) is 0 Å². The van der Waals surface area contributed by atoms with Crippen LogP contribution in [0.2, 0.25) is 0 Å². The summed E-state index contributed by atoms with van der Waals surface area (Å²) in [5.41, 5.74) is 0. The van der Waals surface area contributed by atoms with Crippen LogP contribution in [0.4, 0.5) is 0 Å². The Morgan fingerprint density at radius 3 is 1.57 bits per heavy atom. The second kappa shape index (κ2) is 16.5. The minimum absolute atomic E-state index is 0. The zero-order valence-electron chi connectivity index (χ0n) is 3.47. The molecular weight excluding hydrogens is 107 g/mol. The monoisotopic (exact) mass is 114 g/mol. The molecule has 3 nitrogen and oxygen atoms in total. The number of hydrogen-bond acceptors (Lipinski definition) is 2. The first-order valence-electron chi connectivity index (χ1n) is 1.22. The van der Waals surface area contributed by atoms with E-state index in [-0.39, 0.29) is 29.6 Å². The molecule has 1 N–H and O–H groups in total. The summed E-state index contributed by atoms with van der Waals surface area (Å²) in [6, 6.07) is 0. The van der Waals surface area contributed by atoms with Crippen molar-refractivity contribution in [1.29, 1.82) is 0 Å². The van der Waals surface area contributed by atoms with Gasteiger partial charge in [0.2, 0.25) is 0 Å². The summed E-state index contributed by atoms with van der Waals surface area (Å²) < 4.78 is 0. The van der Waals surface area contributed by atoms with Gasteiger partial charge in [-0.25, -0.2) is 0 Å². The molecule has 0 amide bonds. The van der Waals surface area contributed by atoms with Crippen molar-refractivity contribution < 1.29 is 14.7 Å². The van der Waals surface area contributed by atoms with E-state index in [2.05, 4.69) is 0 Å². The third kappa shape index (κ3) is 5370. The van der Waals surface area contributed by atoms with Gasteiger partial charge in [-0.3, -0.25) is 4.79 Å². The molecule has 38 valence electrons. The Bertz CT molecular complexity index is 41.4. The molecule has 0 heterocycles. The number of aliphatic carboxylic acids is 1.